The molecule has 10 heteroatoms. The molecule has 0 radical (unpaired) electrons. The van der Waals surface area contributed by atoms with E-state index in [1.165, 1.54) is 38.4 Å². The molecule has 1 saturated carbocycles. The van der Waals surface area contributed by atoms with Crippen LogP contribution in [0.1, 0.15) is 19.8 Å². The van der Waals surface area contributed by atoms with Crippen molar-refractivity contribution in [1.82, 2.24) is 14.5 Å². The minimum atomic E-state index is -3.64. The van der Waals surface area contributed by atoms with Crippen LogP contribution in [0.4, 0.5) is 10.5 Å². The number of urea groups is 1. The summed E-state index contributed by atoms with van der Waals surface area (Å²) in [4.78, 5) is 37.9. The maximum atomic E-state index is 12.5. The molecule has 1 aliphatic carbocycles. The van der Waals surface area contributed by atoms with Crippen molar-refractivity contribution < 1.29 is 22.8 Å². The molecule has 1 atom stereocenters. The van der Waals surface area contributed by atoms with Gasteiger partial charge in [-0.05, 0) is 43.9 Å². The first-order valence-corrected chi connectivity index (χ1v) is 9.96. The lowest BCUT2D eigenvalue weighted by atomic mass is 9.96. The second-order valence-electron chi connectivity index (χ2n) is 7.16. The van der Waals surface area contributed by atoms with E-state index in [1.54, 1.807) is 6.92 Å². The normalized spacial score (nSPS) is 22.9. The number of anilines is 1. The Bertz CT molecular complexity index is 910. The molecule has 3 rings (SSSR count). The Morgan fingerprint density at radius 3 is 2.59 bits per heavy atom. The number of imide groups is 1. The van der Waals surface area contributed by atoms with Gasteiger partial charge in [-0.2, -0.15) is 0 Å². The summed E-state index contributed by atoms with van der Waals surface area (Å²) in [6, 6.07) is 5.20. The summed E-state index contributed by atoms with van der Waals surface area (Å²) in [6.45, 7) is 1.25. The van der Waals surface area contributed by atoms with E-state index in [-0.39, 0.29) is 16.5 Å². The van der Waals surface area contributed by atoms with E-state index < -0.39 is 40.0 Å². The fourth-order valence-electron chi connectivity index (χ4n) is 3.09. The van der Waals surface area contributed by atoms with Crippen LogP contribution in [-0.2, 0) is 19.6 Å². The van der Waals surface area contributed by atoms with Crippen LogP contribution in [0.3, 0.4) is 0 Å². The Kier molecular flexibility index (Phi) is 4.73. The third-order valence-electron chi connectivity index (χ3n) is 4.89. The molecule has 9 nitrogen and oxygen atoms in total. The van der Waals surface area contributed by atoms with Gasteiger partial charge in [0.05, 0.1) is 4.90 Å². The van der Waals surface area contributed by atoms with Gasteiger partial charge < -0.3 is 10.6 Å². The SMILES string of the molecule is CN(C)S(=O)(=O)c1cccc(NC(=O)CN2C(=O)N[C@](C)(C3CC3)C2=O)c1. The second-order valence-corrected chi connectivity index (χ2v) is 9.31. The monoisotopic (exact) mass is 394 g/mol. The lowest BCUT2D eigenvalue weighted by Gasteiger charge is -2.20. The molecule has 1 heterocycles. The fraction of sp³-hybridized carbons (Fsp3) is 0.471. The molecule has 1 aromatic rings. The smallest absolute Gasteiger partial charge is 0.324 e. The lowest BCUT2D eigenvalue weighted by molar-refractivity contribution is -0.134. The van der Waals surface area contributed by atoms with E-state index >= 15 is 0 Å². The molecular weight excluding hydrogens is 372 g/mol. The summed E-state index contributed by atoms with van der Waals surface area (Å²) in [5.41, 5.74) is -0.684. The molecule has 1 saturated heterocycles. The zero-order valence-corrected chi connectivity index (χ0v) is 16.2. The van der Waals surface area contributed by atoms with E-state index in [0.29, 0.717) is 0 Å². The number of rotatable bonds is 6. The summed E-state index contributed by atoms with van der Waals surface area (Å²) < 4.78 is 25.4. The van der Waals surface area contributed by atoms with E-state index in [4.69, 9.17) is 0 Å². The summed E-state index contributed by atoms with van der Waals surface area (Å²) in [5.74, 6) is -0.887. The first-order chi connectivity index (χ1) is 12.6. The van der Waals surface area contributed by atoms with Gasteiger partial charge in [0.25, 0.3) is 5.91 Å². The van der Waals surface area contributed by atoms with Crippen molar-refractivity contribution >= 4 is 33.6 Å². The third-order valence-corrected chi connectivity index (χ3v) is 6.70. The maximum absolute atomic E-state index is 12.5. The van der Waals surface area contributed by atoms with Gasteiger partial charge in [-0.3, -0.25) is 14.5 Å². The van der Waals surface area contributed by atoms with Crippen LogP contribution >= 0.6 is 0 Å². The molecule has 0 spiro atoms. The van der Waals surface area contributed by atoms with Gasteiger partial charge in [0.2, 0.25) is 15.9 Å². The van der Waals surface area contributed by atoms with Crippen LogP contribution in [0.2, 0.25) is 0 Å². The zero-order valence-electron chi connectivity index (χ0n) is 15.4. The largest absolute Gasteiger partial charge is 0.325 e. The van der Waals surface area contributed by atoms with Gasteiger partial charge in [-0.25, -0.2) is 17.5 Å². The molecule has 1 aromatic carbocycles. The Labute approximate surface area is 157 Å². The highest BCUT2D eigenvalue weighted by molar-refractivity contribution is 7.89. The lowest BCUT2D eigenvalue weighted by Crippen LogP contribution is -2.46. The van der Waals surface area contributed by atoms with Crippen molar-refractivity contribution in [2.45, 2.75) is 30.2 Å². The molecule has 0 unspecified atom stereocenters. The first kappa shape index (κ1) is 19.3. The van der Waals surface area contributed by atoms with Crippen LogP contribution < -0.4 is 10.6 Å². The van der Waals surface area contributed by atoms with Crippen LogP contribution in [0.15, 0.2) is 29.2 Å². The summed E-state index contributed by atoms with van der Waals surface area (Å²) in [5, 5.41) is 5.21. The van der Waals surface area contributed by atoms with Crippen LogP contribution in [0, 0.1) is 5.92 Å². The molecule has 4 amide bonds. The van der Waals surface area contributed by atoms with Gasteiger partial charge in [0.1, 0.15) is 12.1 Å². The van der Waals surface area contributed by atoms with Crippen LogP contribution in [-0.4, -0.2) is 61.6 Å². The van der Waals surface area contributed by atoms with Crippen molar-refractivity contribution in [3.8, 4) is 0 Å². The maximum Gasteiger partial charge on any atom is 0.325 e. The Morgan fingerprint density at radius 1 is 1.33 bits per heavy atom. The summed E-state index contributed by atoms with van der Waals surface area (Å²) in [6.07, 6.45) is 1.74. The van der Waals surface area contributed by atoms with Crippen LogP contribution in [0.5, 0.6) is 0 Å². The molecular formula is C17H22N4O5S. The van der Waals surface area contributed by atoms with Gasteiger partial charge >= 0.3 is 6.03 Å². The highest BCUT2D eigenvalue weighted by atomic mass is 32.2. The predicted molar refractivity (Wildman–Crippen MR) is 97.3 cm³/mol. The topological polar surface area (TPSA) is 116 Å². The predicted octanol–water partition coefficient (Wildman–Crippen LogP) is 0.596. The van der Waals surface area contributed by atoms with Gasteiger partial charge in [0, 0.05) is 19.8 Å². The van der Waals surface area contributed by atoms with E-state index in [2.05, 4.69) is 10.6 Å². The second kappa shape index (κ2) is 6.61. The van der Waals surface area contributed by atoms with E-state index in [9.17, 15) is 22.8 Å². The molecule has 0 aromatic heterocycles. The molecule has 2 fully saturated rings. The first-order valence-electron chi connectivity index (χ1n) is 8.52. The average Bonchev–Trinajstić information content (AvgIpc) is 3.41. The molecule has 1 aliphatic heterocycles. The van der Waals surface area contributed by atoms with Crippen LogP contribution in [0.25, 0.3) is 0 Å². The number of carbonyl (C=O) groups excluding carboxylic acids is 3. The Morgan fingerprint density at radius 2 is 2.00 bits per heavy atom. The number of sulfonamides is 1. The minimum absolute atomic E-state index is 0.0293. The minimum Gasteiger partial charge on any atom is -0.324 e. The number of amides is 4. The van der Waals surface area contributed by atoms with Crippen molar-refractivity contribution in [2.75, 3.05) is 26.0 Å². The zero-order chi connectivity index (χ0) is 20.0. The van der Waals surface area contributed by atoms with Crippen molar-refractivity contribution in [1.29, 1.82) is 0 Å². The molecule has 2 N–H and O–H groups in total. The fourth-order valence-corrected chi connectivity index (χ4v) is 4.03. The van der Waals surface area contributed by atoms with Gasteiger partial charge in [0.15, 0.2) is 0 Å². The summed E-state index contributed by atoms with van der Waals surface area (Å²) in [7, 11) is -0.816. The van der Waals surface area contributed by atoms with Crippen molar-refractivity contribution in [3.05, 3.63) is 24.3 Å². The van der Waals surface area contributed by atoms with Gasteiger partial charge in [-0.1, -0.05) is 6.07 Å². The summed E-state index contributed by atoms with van der Waals surface area (Å²) >= 11 is 0. The molecule has 0 bridgehead atoms. The standard InChI is InChI=1S/C17H22N4O5S/c1-17(11-7-8-11)15(23)21(16(24)19-17)10-14(22)18-12-5-4-6-13(9-12)27(25,26)20(2)3/h4-6,9,11H,7-8,10H2,1-3H3,(H,18,22)(H,19,24)/t17-/m1/s1. The number of hydrogen-bond acceptors (Lipinski definition) is 5. The van der Waals surface area contributed by atoms with E-state index in [0.717, 1.165) is 22.0 Å². The van der Waals surface area contributed by atoms with Crippen molar-refractivity contribution in [2.24, 2.45) is 5.92 Å². The number of nitrogens with zero attached hydrogens (tertiary/aromatic N) is 2. The Balaban J connectivity index is 1.70. The molecule has 146 valence electrons. The highest BCUT2D eigenvalue weighted by Crippen LogP contribution is 2.42. The third kappa shape index (κ3) is 3.54. The quantitative estimate of drug-likeness (QED) is 0.686. The van der Waals surface area contributed by atoms with Crippen molar-refractivity contribution in [3.63, 3.8) is 0 Å². The number of hydrogen-bond donors (Lipinski definition) is 2. The molecule has 27 heavy (non-hydrogen) atoms. The number of carbonyl (C=O) groups is 3. The van der Waals surface area contributed by atoms with E-state index in [1.807, 2.05) is 0 Å². The number of nitrogens with one attached hydrogen (secondary N) is 2. The Hall–Kier alpha value is -2.46. The number of benzene rings is 1. The molecule has 2 aliphatic rings. The average molecular weight is 394 g/mol. The highest BCUT2D eigenvalue weighted by Gasteiger charge is 2.56. The van der Waals surface area contributed by atoms with Gasteiger partial charge in [-0.15, -0.1) is 0 Å².